The lowest BCUT2D eigenvalue weighted by molar-refractivity contribution is 1.10. The fraction of sp³-hybridized carbons (Fsp3) is 0.0714. The third kappa shape index (κ3) is 2.07. The molecular weight excluding hydrogens is 288 g/mol. The highest BCUT2D eigenvalue weighted by Crippen LogP contribution is 2.29. The van der Waals surface area contributed by atoms with Gasteiger partial charge in [0, 0.05) is 23.5 Å². The summed E-state index contributed by atoms with van der Waals surface area (Å²) in [6, 6.07) is 8.09. The Bertz CT molecular complexity index is 848. The lowest BCUT2D eigenvalue weighted by Gasteiger charge is -1.99. The molecule has 0 aliphatic heterocycles. The van der Waals surface area contributed by atoms with Crippen molar-refractivity contribution in [2.24, 2.45) is 0 Å². The SMILES string of the molecule is c1ccn2cc(CSc3ncnc4sccc34)nc2c1. The fourth-order valence-corrected chi connectivity index (χ4v) is 3.74. The zero-order chi connectivity index (χ0) is 13.4. The summed E-state index contributed by atoms with van der Waals surface area (Å²) in [5.74, 6) is 0.809. The van der Waals surface area contributed by atoms with E-state index in [2.05, 4.69) is 27.2 Å². The highest BCUT2D eigenvalue weighted by Gasteiger charge is 2.07. The van der Waals surface area contributed by atoms with E-state index in [1.165, 1.54) is 0 Å². The van der Waals surface area contributed by atoms with E-state index in [4.69, 9.17) is 0 Å². The smallest absolute Gasteiger partial charge is 0.137 e. The molecule has 4 rings (SSSR count). The summed E-state index contributed by atoms with van der Waals surface area (Å²) < 4.78 is 2.04. The van der Waals surface area contributed by atoms with Crippen molar-refractivity contribution in [3.05, 3.63) is 54.1 Å². The van der Waals surface area contributed by atoms with Gasteiger partial charge in [0.1, 0.15) is 21.8 Å². The van der Waals surface area contributed by atoms with E-state index in [-0.39, 0.29) is 0 Å². The molecule has 0 saturated heterocycles. The number of hydrogen-bond acceptors (Lipinski definition) is 5. The quantitative estimate of drug-likeness (QED) is 0.428. The first-order chi connectivity index (χ1) is 9.90. The maximum absolute atomic E-state index is 4.60. The van der Waals surface area contributed by atoms with Crippen molar-refractivity contribution >= 4 is 39.0 Å². The molecule has 0 bridgehead atoms. The topological polar surface area (TPSA) is 43.1 Å². The molecule has 4 nitrogen and oxygen atoms in total. The molecule has 4 aromatic rings. The second-order valence-electron chi connectivity index (χ2n) is 4.31. The van der Waals surface area contributed by atoms with Crippen LogP contribution in [0.15, 0.2) is 53.4 Å². The number of rotatable bonds is 3. The number of aromatic nitrogens is 4. The van der Waals surface area contributed by atoms with Crippen LogP contribution in [0.2, 0.25) is 0 Å². The number of hydrogen-bond donors (Lipinski definition) is 0. The number of thioether (sulfide) groups is 1. The molecular formula is C14H10N4S2. The number of fused-ring (bicyclic) bond motifs is 2. The molecule has 6 heteroatoms. The van der Waals surface area contributed by atoms with Gasteiger partial charge in [0.15, 0.2) is 0 Å². The van der Waals surface area contributed by atoms with Crippen molar-refractivity contribution < 1.29 is 0 Å². The maximum atomic E-state index is 4.60. The number of nitrogens with zero attached hydrogens (tertiary/aromatic N) is 4. The van der Waals surface area contributed by atoms with Crippen LogP contribution in [0.1, 0.15) is 5.69 Å². The summed E-state index contributed by atoms with van der Waals surface area (Å²) in [6.45, 7) is 0. The van der Waals surface area contributed by atoms with Crippen LogP contribution < -0.4 is 0 Å². The third-order valence-corrected chi connectivity index (χ3v) is 4.86. The summed E-state index contributed by atoms with van der Waals surface area (Å²) >= 11 is 3.35. The molecule has 98 valence electrons. The maximum Gasteiger partial charge on any atom is 0.137 e. The molecule has 0 aliphatic carbocycles. The third-order valence-electron chi connectivity index (χ3n) is 3.00. The minimum atomic E-state index is 0.809. The van der Waals surface area contributed by atoms with Gasteiger partial charge in [-0.2, -0.15) is 0 Å². The van der Waals surface area contributed by atoms with Crippen LogP contribution in [-0.4, -0.2) is 19.4 Å². The molecule has 0 N–H and O–H groups in total. The van der Waals surface area contributed by atoms with E-state index in [0.29, 0.717) is 0 Å². The van der Waals surface area contributed by atoms with E-state index in [9.17, 15) is 0 Å². The Morgan fingerprint density at radius 2 is 2.20 bits per heavy atom. The van der Waals surface area contributed by atoms with Gasteiger partial charge in [-0.3, -0.25) is 0 Å². The zero-order valence-corrected chi connectivity index (χ0v) is 12.1. The van der Waals surface area contributed by atoms with Crippen LogP contribution in [-0.2, 0) is 5.75 Å². The molecule has 0 atom stereocenters. The van der Waals surface area contributed by atoms with E-state index in [1.54, 1.807) is 29.4 Å². The molecule has 0 aliphatic rings. The monoisotopic (exact) mass is 298 g/mol. The Labute approximate surface area is 123 Å². The van der Waals surface area contributed by atoms with Crippen molar-refractivity contribution in [2.75, 3.05) is 0 Å². The van der Waals surface area contributed by atoms with Crippen molar-refractivity contribution in [3.63, 3.8) is 0 Å². The van der Waals surface area contributed by atoms with E-state index in [1.807, 2.05) is 34.2 Å². The summed E-state index contributed by atoms with van der Waals surface area (Å²) in [4.78, 5) is 14.3. The highest BCUT2D eigenvalue weighted by molar-refractivity contribution is 7.98. The first-order valence-corrected chi connectivity index (χ1v) is 8.00. The fourth-order valence-electron chi connectivity index (χ4n) is 2.08. The van der Waals surface area contributed by atoms with Gasteiger partial charge in [-0.15, -0.1) is 11.3 Å². The average molecular weight is 298 g/mol. The second kappa shape index (κ2) is 4.88. The Balaban J connectivity index is 1.62. The predicted molar refractivity (Wildman–Crippen MR) is 82.2 cm³/mol. The molecule has 4 aromatic heterocycles. The lowest BCUT2D eigenvalue weighted by Crippen LogP contribution is -1.85. The number of pyridine rings is 1. The second-order valence-corrected chi connectivity index (χ2v) is 6.16. The van der Waals surface area contributed by atoms with Gasteiger partial charge in [0.25, 0.3) is 0 Å². The van der Waals surface area contributed by atoms with E-state index < -0.39 is 0 Å². The van der Waals surface area contributed by atoms with Gasteiger partial charge < -0.3 is 4.40 Å². The van der Waals surface area contributed by atoms with Crippen molar-refractivity contribution in [1.29, 1.82) is 0 Å². The van der Waals surface area contributed by atoms with E-state index >= 15 is 0 Å². The first kappa shape index (κ1) is 11.9. The molecule has 20 heavy (non-hydrogen) atoms. The van der Waals surface area contributed by atoms with Crippen molar-refractivity contribution in [1.82, 2.24) is 19.4 Å². The summed E-state index contributed by atoms with van der Waals surface area (Å²) in [5.41, 5.74) is 2.04. The minimum absolute atomic E-state index is 0.809. The molecule has 0 aromatic carbocycles. The largest absolute Gasteiger partial charge is 0.307 e. The van der Waals surface area contributed by atoms with Gasteiger partial charge in [-0.25, -0.2) is 15.0 Å². The molecule has 0 amide bonds. The predicted octanol–water partition coefficient (Wildman–Crippen LogP) is 3.63. The normalized spacial score (nSPS) is 11.4. The van der Waals surface area contributed by atoms with Gasteiger partial charge in [-0.05, 0) is 23.6 Å². The number of imidazole rings is 1. The molecule has 0 unspecified atom stereocenters. The van der Waals surface area contributed by atoms with Crippen LogP contribution >= 0.6 is 23.1 Å². The minimum Gasteiger partial charge on any atom is -0.307 e. The van der Waals surface area contributed by atoms with Crippen LogP contribution in [0.4, 0.5) is 0 Å². The first-order valence-electron chi connectivity index (χ1n) is 6.14. The van der Waals surface area contributed by atoms with Gasteiger partial charge >= 0.3 is 0 Å². The average Bonchev–Trinajstić information content (AvgIpc) is 3.11. The summed E-state index contributed by atoms with van der Waals surface area (Å²) in [6.07, 6.45) is 5.71. The van der Waals surface area contributed by atoms with E-state index in [0.717, 1.165) is 32.3 Å². The van der Waals surface area contributed by atoms with Crippen LogP contribution in [0.25, 0.3) is 15.9 Å². The van der Waals surface area contributed by atoms with Gasteiger partial charge in [0.2, 0.25) is 0 Å². The molecule has 0 saturated carbocycles. The molecule has 4 heterocycles. The zero-order valence-electron chi connectivity index (χ0n) is 10.4. The van der Waals surface area contributed by atoms with Gasteiger partial charge in [0.05, 0.1) is 5.69 Å². The highest BCUT2D eigenvalue weighted by atomic mass is 32.2. The lowest BCUT2D eigenvalue weighted by atomic mass is 10.4. The Morgan fingerprint density at radius 1 is 1.20 bits per heavy atom. The summed E-state index contributed by atoms with van der Waals surface area (Å²) in [5, 5.41) is 4.20. The van der Waals surface area contributed by atoms with Crippen LogP contribution in [0, 0.1) is 0 Å². The summed E-state index contributed by atoms with van der Waals surface area (Å²) in [7, 11) is 0. The molecule has 0 radical (unpaired) electrons. The van der Waals surface area contributed by atoms with Crippen LogP contribution in [0.3, 0.4) is 0 Å². The Kier molecular flexibility index (Phi) is 2.90. The standard InChI is InChI=1S/C14H10N4S2/c1-2-5-18-7-10(17-12(18)3-1)8-20-14-11-4-6-19-13(11)15-9-16-14/h1-7,9H,8H2. The van der Waals surface area contributed by atoms with Gasteiger partial charge in [-0.1, -0.05) is 17.8 Å². The van der Waals surface area contributed by atoms with Crippen molar-refractivity contribution in [3.8, 4) is 0 Å². The molecule has 0 spiro atoms. The Morgan fingerprint density at radius 3 is 3.15 bits per heavy atom. The Hall–Kier alpha value is -1.92. The van der Waals surface area contributed by atoms with Crippen molar-refractivity contribution in [2.45, 2.75) is 10.8 Å². The number of thiophene rings is 1. The molecule has 0 fully saturated rings. The van der Waals surface area contributed by atoms with Crippen LogP contribution in [0.5, 0.6) is 0 Å².